The van der Waals surface area contributed by atoms with Gasteiger partial charge in [0.2, 0.25) is 5.91 Å². The third-order valence-electron chi connectivity index (χ3n) is 4.62. The van der Waals surface area contributed by atoms with Gasteiger partial charge in [-0.15, -0.1) is 11.3 Å². The average molecular weight is 365 g/mol. The number of amides is 1. The van der Waals surface area contributed by atoms with Crippen LogP contribution in [0.5, 0.6) is 0 Å². The Bertz CT molecular complexity index is 524. The quantitative estimate of drug-likeness (QED) is 0.424. The maximum Gasteiger partial charge on any atom is 0.223 e. The van der Waals surface area contributed by atoms with Gasteiger partial charge in [-0.1, -0.05) is 25.3 Å². The third kappa shape index (κ3) is 7.06. The Kier molecular flexibility index (Phi) is 8.80. The fourth-order valence-electron chi connectivity index (χ4n) is 3.16. The van der Waals surface area contributed by atoms with Gasteiger partial charge in [0.25, 0.3) is 0 Å². The van der Waals surface area contributed by atoms with E-state index in [0.717, 1.165) is 38.3 Å². The van der Waals surface area contributed by atoms with E-state index in [1.807, 2.05) is 0 Å². The second-order valence-electron chi connectivity index (χ2n) is 6.61. The highest BCUT2D eigenvalue weighted by atomic mass is 32.1. The zero-order chi connectivity index (χ0) is 17.9. The molecule has 6 heteroatoms. The summed E-state index contributed by atoms with van der Waals surface area (Å²) in [4.78, 5) is 20.4. The minimum Gasteiger partial charge on any atom is -0.357 e. The van der Waals surface area contributed by atoms with Crippen LogP contribution in [0.4, 0.5) is 0 Å². The summed E-state index contributed by atoms with van der Waals surface area (Å²) >= 11 is 1.79. The number of guanidine groups is 1. The van der Waals surface area contributed by atoms with E-state index >= 15 is 0 Å². The van der Waals surface area contributed by atoms with Crippen molar-refractivity contribution >= 4 is 23.2 Å². The van der Waals surface area contributed by atoms with E-state index < -0.39 is 0 Å². The predicted molar refractivity (Wildman–Crippen MR) is 106 cm³/mol. The molecule has 0 spiro atoms. The molecule has 2 rings (SSSR count). The third-order valence-corrected chi connectivity index (χ3v) is 5.55. The molecule has 1 aliphatic carbocycles. The summed E-state index contributed by atoms with van der Waals surface area (Å²) in [5.74, 6) is 1.34. The van der Waals surface area contributed by atoms with Crippen molar-refractivity contribution in [2.75, 3.05) is 33.2 Å². The number of thiophene rings is 1. The molecule has 1 aromatic heterocycles. The Labute approximate surface area is 155 Å². The van der Waals surface area contributed by atoms with Gasteiger partial charge in [-0.25, -0.2) is 0 Å². The summed E-state index contributed by atoms with van der Waals surface area (Å²) in [6.45, 7) is 5.08. The molecule has 25 heavy (non-hydrogen) atoms. The number of carbonyl (C=O) groups excluding carboxylic acids is 1. The first kappa shape index (κ1) is 19.8. The first-order valence-corrected chi connectivity index (χ1v) is 10.4. The van der Waals surface area contributed by atoms with Crippen LogP contribution in [0.25, 0.3) is 0 Å². The Hall–Kier alpha value is -1.56. The molecule has 1 fully saturated rings. The van der Waals surface area contributed by atoms with Gasteiger partial charge in [-0.2, -0.15) is 0 Å². The summed E-state index contributed by atoms with van der Waals surface area (Å²) in [7, 11) is 2.07. The number of nitrogens with zero attached hydrogens (tertiary/aromatic N) is 2. The van der Waals surface area contributed by atoms with Crippen LogP contribution >= 0.6 is 11.3 Å². The number of carbonyl (C=O) groups is 1. The molecule has 1 aromatic rings. The van der Waals surface area contributed by atoms with Crippen LogP contribution in [0.3, 0.4) is 0 Å². The Morgan fingerprint density at radius 3 is 2.80 bits per heavy atom. The minimum atomic E-state index is 0.214. The lowest BCUT2D eigenvalue weighted by molar-refractivity contribution is -0.125. The van der Waals surface area contributed by atoms with Crippen LogP contribution in [0, 0.1) is 5.92 Å². The number of aliphatic imine (C=N–C) groups is 1. The van der Waals surface area contributed by atoms with Crippen molar-refractivity contribution < 1.29 is 4.79 Å². The van der Waals surface area contributed by atoms with Crippen molar-refractivity contribution in [2.45, 2.75) is 45.4 Å². The summed E-state index contributed by atoms with van der Waals surface area (Å²) in [6.07, 6.45) is 6.77. The first-order chi connectivity index (χ1) is 12.2. The van der Waals surface area contributed by atoms with E-state index in [0.29, 0.717) is 13.1 Å². The number of nitrogens with one attached hydrogen (secondary N) is 2. The predicted octanol–water partition coefficient (Wildman–Crippen LogP) is 2.88. The van der Waals surface area contributed by atoms with Gasteiger partial charge in [0, 0.05) is 37.5 Å². The van der Waals surface area contributed by atoms with Gasteiger partial charge in [0.15, 0.2) is 5.96 Å². The second kappa shape index (κ2) is 11.1. The summed E-state index contributed by atoms with van der Waals surface area (Å²) < 4.78 is 0. The van der Waals surface area contributed by atoms with Gasteiger partial charge in [0.05, 0.1) is 6.54 Å². The molecule has 1 aliphatic rings. The van der Waals surface area contributed by atoms with Crippen molar-refractivity contribution in [3.63, 3.8) is 0 Å². The first-order valence-electron chi connectivity index (χ1n) is 9.50. The molecule has 0 radical (unpaired) electrons. The Balaban J connectivity index is 1.72. The Morgan fingerprint density at radius 1 is 1.32 bits per heavy atom. The normalized spacial score (nSPS) is 15.8. The van der Waals surface area contributed by atoms with Crippen molar-refractivity contribution in [1.29, 1.82) is 0 Å². The minimum absolute atomic E-state index is 0.214. The topological polar surface area (TPSA) is 56.7 Å². The molecule has 0 aliphatic heterocycles. The van der Waals surface area contributed by atoms with Crippen molar-refractivity contribution in [3.8, 4) is 0 Å². The van der Waals surface area contributed by atoms with Gasteiger partial charge >= 0.3 is 0 Å². The zero-order valence-electron chi connectivity index (χ0n) is 15.6. The fraction of sp³-hybridized carbons (Fsp3) is 0.684. The highest BCUT2D eigenvalue weighted by Gasteiger charge is 2.20. The molecular weight excluding hydrogens is 332 g/mol. The number of likely N-dealkylation sites (N-methyl/N-ethyl adjacent to an activating group) is 1. The van der Waals surface area contributed by atoms with Crippen molar-refractivity contribution in [1.82, 2.24) is 15.5 Å². The summed E-state index contributed by atoms with van der Waals surface area (Å²) in [5, 5.41) is 8.50. The van der Waals surface area contributed by atoms with Crippen LogP contribution in [0.15, 0.2) is 22.5 Å². The molecule has 0 bridgehead atoms. The molecule has 5 nitrogen and oxygen atoms in total. The van der Waals surface area contributed by atoms with E-state index in [4.69, 9.17) is 0 Å². The van der Waals surface area contributed by atoms with E-state index in [-0.39, 0.29) is 11.8 Å². The highest BCUT2D eigenvalue weighted by Crippen LogP contribution is 2.23. The fourth-order valence-corrected chi connectivity index (χ4v) is 3.86. The van der Waals surface area contributed by atoms with E-state index in [9.17, 15) is 4.79 Å². The number of hydrogen-bond donors (Lipinski definition) is 2. The molecule has 0 aromatic carbocycles. The lowest BCUT2D eigenvalue weighted by Crippen LogP contribution is -2.40. The zero-order valence-corrected chi connectivity index (χ0v) is 16.4. The van der Waals surface area contributed by atoms with Crippen LogP contribution in [-0.4, -0.2) is 50.0 Å². The van der Waals surface area contributed by atoms with Crippen LogP contribution in [0.1, 0.15) is 43.9 Å². The smallest absolute Gasteiger partial charge is 0.223 e. The van der Waals surface area contributed by atoms with E-state index in [1.54, 1.807) is 11.3 Å². The number of hydrogen-bond acceptors (Lipinski definition) is 3. The lowest BCUT2D eigenvalue weighted by atomic mass is 9.89. The van der Waals surface area contributed by atoms with Crippen LogP contribution in [-0.2, 0) is 11.2 Å². The lowest BCUT2D eigenvalue weighted by Gasteiger charge is -2.22. The van der Waals surface area contributed by atoms with Crippen LogP contribution in [0.2, 0.25) is 0 Å². The summed E-state index contributed by atoms with van der Waals surface area (Å²) in [5.41, 5.74) is 0. The molecule has 1 saturated carbocycles. The van der Waals surface area contributed by atoms with Gasteiger partial charge < -0.3 is 15.5 Å². The second-order valence-corrected chi connectivity index (χ2v) is 7.64. The molecular formula is C19H32N4OS. The largest absolute Gasteiger partial charge is 0.357 e. The van der Waals surface area contributed by atoms with E-state index in [1.165, 1.54) is 24.1 Å². The molecule has 2 N–H and O–H groups in total. The summed E-state index contributed by atoms with van der Waals surface area (Å²) in [6, 6.07) is 4.26. The SMILES string of the molecule is CCNC(=NCCNC(=O)C1CCCCC1)N(C)CCc1cccs1. The van der Waals surface area contributed by atoms with Gasteiger partial charge in [-0.3, -0.25) is 9.79 Å². The van der Waals surface area contributed by atoms with E-state index in [2.05, 4.69) is 52.0 Å². The molecule has 140 valence electrons. The Morgan fingerprint density at radius 2 is 2.12 bits per heavy atom. The van der Waals surface area contributed by atoms with Crippen molar-refractivity contribution in [2.24, 2.45) is 10.9 Å². The van der Waals surface area contributed by atoms with Crippen LogP contribution < -0.4 is 10.6 Å². The van der Waals surface area contributed by atoms with Crippen molar-refractivity contribution in [3.05, 3.63) is 22.4 Å². The number of rotatable bonds is 8. The van der Waals surface area contributed by atoms with Gasteiger partial charge in [-0.05, 0) is 37.6 Å². The molecule has 0 saturated heterocycles. The maximum atomic E-state index is 12.2. The molecule has 0 atom stereocenters. The monoisotopic (exact) mass is 364 g/mol. The molecule has 1 heterocycles. The standard InChI is InChI=1S/C19H32N4OS/c1-3-20-19(23(2)14-11-17-10-7-15-25-17)22-13-12-21-18(24)16-8-5-4-6-9-16/h7,10,15-16H,3-6,8-9,11-14H2,1-2H3,(H,20,22)(H,21,24). The maximum absolute atomic E-state index is 12.2. The molecule has 0 unspecified atom stereocenters. The molecule has 1 amide bonds. The van der Waals surface area contributed by atoms with Gasteiger partial charge in [0.1, 0.15) is 0 Å². The highest BCUT2D eigenvalue weighted by molar-refractivity contribution is 7.09. The average Bonchev–Trinajstić information content (AvgIpc) is 3.16.